The van der Waals surface area contributed by atoms with E-state index in [9.17, 15) is 0 Å². The van der Waals surface area contributed by atoms with Crippen LogP contribution < -0.4 is 0 Å². The molecule has 0 aliphatic rings. The fourth-order valence-corrected chi connectivity index (χ4v) is 3.25. The molecule has 1 rings (SSSR count). The Hall–Kier alpha value is 1.14. The molecular weight excluding hydrogens is 440 g/mol. The molecule has 78 valence electrons. The van der Waals surface area contributed by atoms with E-state index in [2.05, 4.69) is 75.9 Å². The zero-order valence-corrected chi connectivity index (χ0v) is 13.8. The lowest BCUT2D eigenvalue weighted by molar-refractivity contribution is 1.10. The number of rotatable bonds is 4. The molecule has 0 aromatic heterocycles. The van der Waals surface area contributed by atoms with E-state index in [-0.39, 0.29) is 0 Å². The van der Waals surface area contributed by atoms with Gasteiger partial charge in [-0.2, -0.15) is 0 Å². The van der Waals surface area contributed by atoms with Crippen LogP contribution in [0.2, 0.25) is 0 Å². The van der Waals surface area contributed by atoms with Gasteiger partial charge in [-0.05, 0) is 36.1 Å². The average molecular weight is 450 g/mol. The van der Waals surface area contributed by atoms with Crippen molar-refractivity contribution in [1.29, 1.82) is 0 Å². The van der Waals surface area contributed by atoms with Gasteiger partial charge >= 0.3 is 0 Å². The van der Waals surface area contributed by atoms with E-state index in [1.165, 1.54) is 20.1 Å². The summed E-state index contributed by atoms with van der Waals surface area (Å²) in [6, 6.07) is 4.40. The Morgan fingerprint density at radius 3 is 1.43 bits per heavy atom. The van der Waals surface area contributed by atoms with Gasteiger partial charge < -0.3 is 0 Å². The summed E-state index contributed by atoms with van der Waals surface area (Å²) in [4.78, 5) is 0. The molecule has 0 unspecified atom stereocenters. The van der Waals surface area contributed by atoms with Crippen LogP contribution in [0.1, 0.15) is 11.1 Å². The zero-order chi connectivity index (χ0) is 10.6. The van der Waals surface area contributed by atoms with Crippen molar-refractivity contribution in [2.75, 3.05) is 10.7 Å². The minimum atomic E-state index is 0.996. The Labute approximate surface area is 118 Å². The van der Waals surface area contributed by atoms with Gasteiger partial charge in [0, 0.05) is 19.6 Å². The van der Waals surface area contributed by atoms with Crippen molar-refractivity contribution in [1.82, 2.24) is 0 Å². The minimum absolute atomic E-state index is 0.996. The fraction of sp³-hybridized carbons (Fsp3) is 0.400. The van der Waals surface area contributed by atoms with Crippen molar-refractivity contribution in [3.05, 3.63) is 32.2 Å². The first-order chi connectivity index (χ1) is 6.69. The molecular formula is C10H10Br4. The first-order valence-electron chi connectivity index (χ1n) is 4.27. The Balaban J connectivity index is 2.97. The second-order valence-corrected chi connectivity index (χ2v) is 6.21. The molecule has 1 aromatic rings. The van der Waals surface area contributed by atoms with Crippen LogP contribution in [0.15, 0.2) is 21.1 Å². The lowest BCUT2D eigenvalue weighted by Crippen LogP contribution is -1.93. The highest BCUT2D eigenvalue weighted by atomic mass is 79.9. The van der Waals surface area contributed by atoms with Gasteiger partial charge in [-0.25, -0.2) is 0 Å². The predicted octanol–water partition coefficient (Wildman–Crippen LogP) is 5.09. The smallest absolute Gasteiger partial charge is 0.0211 e. The quantitative estimate of drug-likeness (QED) is 0.562. The van der Waals surface area contributed by atoms with Crippen molar-refractivity contribution >= 4 is 63.7 Å². The molecule has 0 aliphatic heterocycles. The van der Waals surface area contributed by atoms with E-state index < -0.39 is 0 Å². The molecule has 0 amide bonds. The summed E-state index contributed by atoms with van der Waals surface area (Å²) in [5.74, 6) is 0. The average Bonchev–Trinajstić information content (AvgIpc) is 2.14. The van der Waals surface area contributed by atoms with Crippen molar-refractivity contribution in [3.8, 4) is 0 Å². The molecule has 0 saturated heterocycles. The third kappa shape index (κ3) is 3.62. The molecule has 0 radical (unpaired) electrons. The molecule has 1 aromatic carbocycles. The molecule has 0 spiro atoms. The Kier molecular flexibility index (Phi) is 6.29. The molecule has 0 fully saturated rings. The molecule has 0 N–H and O–H groups in total. The zero-order valence-electron chi connectivity index (χ0n) is 7.49. The van der Waals surface area contributed by atoms with Crippen LogP contribution >= 0.6 is 63.7 Å². The maximum absolute atomic E-state index is 3.60. The summed E-state index contributed by atoms with van der Waals surface area (Å²) in [5, 5.41) is 1.99. The van der Waals surface area contributed by atoms with Gasteiger partial charge in [-0.3, -0.25) is 0 Å². The lowest BCUT2D eigenvalue weighted by atomic mass is 10.1. The lowest BCUT2D eigenvalue weighted by Gasteiger charge is -2.08. The molecule has 4 heteroatoms. The molecule has 0 saturated carbocycles. The number of benzene rings is 1. The van der Waals surface area contributed by atoms with Gasteiger partial charge in [0.15, 0.2) is 0 Å². The maximum Gasteiger partial charge on any atom is 0.0211 e. The van der Waals surface area contributed by atoms with Crippen molar-refractivity contribution in [2.45, 2.75) is 12.8 Å². The normalized spacial score (nSPS) is 10.6. The summed E-state index contributed by atoms with van der Waals surface area (Å²) >= 11 is 14.1. The molecule has 0 bridgehead atoms. The van der Waals surface area contributed by atoms with E-state index in [1.54, 1.807) is 0 Å². The SMILES string of the molecule is BrCCc1cc(Br)c(CCBr)cc1Br. The topological polar surface area (TPSA) is 0 Å². The molecule has 0 nitrogen and oxygen atoms in total. The fourth-order valence-electron chi connectivity index (χ4n) is 1.22. The molecule has 14 heavy (non-hydrogen) atoms. The van der Waals surface area contributed by atoms with Gasteiger partial charge in [0.05, 0.1) is 0 Å². The second-order valence-electron chi connectivity index (χ2n) is 2.91. The molecule has 0 aliphatic carbocycles. The second kappa shape index (κ2) is 6.66. The number of alkyl halides is 2. The number of hydrogen-bond donors (Lipinski definition) is 0. The number of halogens is 4. The van der Waals surface area contributed by atoms with Crippen LogP contribution in [-0.2, 0) is 12.8 Å². The van der Waals surface area contributed by atoms with Crippen LogP contribution in [0.25, 0.3) is 0 Å². The van der Waals surface area contributed by atoms with Crippen LogP contribution in [-0.4, -0.2) is 10.7 Å². The van der Waals surface area contributed by atoms with Crippen LogP contribution in [0.4, 0.5) is 0 Å². The summed E-state index contributed by atoms with van der Waals surface area (Å²) in [7, 11) is 0. The predicted molar refractivity (Wildman–Crippen MR) is 76.8 cm³/mol. The summed E-state index contributed by atoms with van der Waals surface area (Å²) < 4.78 is 2.41. The van der Waals surface area contributed by atoms with E-state index >= 15 is 0 Å². The first-order valence-corrected chi connectivity index (χ1v) is 8.10. The number of aryl methyl sites for hydroxylation is 2. The molecule has 0 heterocycles. The highest BCUT2D eigenvalue weighted by Crippen LogP contribution is 2.27. The van der Waals surface area contributed by atoms with Crippen LogP contribution in [0, 0.1) is 0 Å². The third-order valence-corrected chi connectivity index (χ3v) is 4.21. The third-order valence-electron chi connectivity index (χ3n) is 1.94. The Morgan fingerprint density at radius 1 is 0.786 bits per heavy atom. The maximum atomic E-state index is 3.60. The minimum Gasteiger partial charge on any atom is -0.0924 e. The largest absolute Gasteiger partial charge is 0.0924 e. The van der Waals surface area contributed by atoms with Crippen LogP contribution in [0.5, 0.6) is 0 Å². The Morgan fingerprint density at radius 2 is 1.14 bits per heavy atom. The first kappa shape index (κ1) is 13.2. The van der Waals surface area contributed by atoms with Gasteiger partial charge in [-0.15, -0.1) is 0 Å². The van der Waals surface area contributed by atoms with Gasteiger partial charge in [0.1, 0.15) is 0 Å². The summed E-state index contributed by atoms with van der Waals surface area (Å²) in [6.45, 7) is 0. The van der Waals surface area contributed by atoms with E-state index in [1.807, 2.05) is 0 Å². The van der Waals surface area contributed by atoms with Gasteiger partial charge in [0.25, 0.3) is 0 Å². The Bertz CT molecular complexity index is 277. The van der Waals surface area contributed by atoms with Crippen molar-refractivity contribution in [3.63, 3.8) is 0 Å². The van der Waals surface area contributed by atoms with Gasteiger partial charge in [0.2, 0.25) is 0 Å². The monoisotopic (exact) mass is 446 g/mol. The van der Waals surface area contributed by atoms with E-state index in [0.717, 1.165) is 23.5 Å². The van der Waals surface area contributed by atoms with Crippen molar-refractivity contribution < 1.29 is 0 Å². The van der Waals surface area contributed by atoms with Crippen LogP contribution in [0.3, 0.4) is 0 Å². The highest BCUT2D eigenvalue weighted by Gasteiger charge is 2.05. The van der Waals surface area contributed by atoms with Gasteiger partial charge in [-0.1, -0.05) is 63.7 Å². The molecule has 0 atom stereocenters. The van der Waals surface area contributed by atoms with Crippen molar-refractivity contribution in [2.24, 2.45) is 0 Å². The highest BCUT2D eigenvalue weighted by molar-refractivity contribution is 9.11. The number of hydrogen-bond acceptors (Lipinski definition) is 0. The van der Waals surface area contributed by atoms with E-state index in [4.69, 9.17) is 0 Å². The summed E-state index contributed by atoms with van der Waals surface area (Å²) in [5.41, 5.74) is 2.68. The standard InChI is InChI=1S/C10H10Br4/c11-3-1-7-5-10(14)8(2-4-12)6-9(7)13/h5-6H,1-4H2. The summed E-state index contributed by atoms with van der Waals surface area (Å²) in [6.07, 6.45) is 2.10. The van der Waals surface area contributed by atoms with E-state index in [0.29, 0.717) is 0 Å².